The first-order valence-electron chi connectivity index (χ1n) is 5.74. The van der Waals surface area contributed by atoms with E-state index in [1.54, 1.807) is 12.5 Å². The number of hydrogen-bond donors (Lipinski definition) is 1. The van der Waals surface area contributed by atoms with Crippen LogP contribution in [0.1, 0.15) is 29.7 Å². The molecular weight excluding hydrogens is 234 g/mol. The molecule has 0 aliphatic carbocycles. The summed E-state index contributed by atoms with van der Waals surface area (Å²) < 4.78 is 5.14. The molecule has 2 rings (SSSR count). The zero-order valence-electron chi connectivity index (χ0n) is 10.0. The van der Waals surface area contributed by atoms with Crippen LogP contribution in [0.5, 0.6) is 0 Å². The van der Waals surface area contributed by atoms with Crippen LogP contribution in [0.4, 0.5) is 0 Å². The van der Waals surface area contributed by atoms with Crippen molar-refractivity contribution in [2.24, 2.45) is 0 Å². The first kappa shape index (κ1) is 12.2. The predicted octanol–water partition coefficient (Wildman–Crippen LogP) is 3.94. The molecule has 1 aromatic carbocycles. The maximum absolute atomic E-state index is 6.17. The lowest BCUT2D eigenvalue weighted by Gasteiger charge is -2.17. The van der Waals surface area contributed by atoms with Gasteiger partial charge in [-0.1, -0.05) is 30.7 Å². The zero-order chi connectivity index (χ0) is 12.3. The van der Waals surface area contributed by atoms with Gasteiger partial charge in [-0.25, -0.2) is 0 Å². The van der Waals surface area contributed by atoms with Crippen LogP contribution in [0.15, 0.2) is 41.2 Å². The number of furan rings is 1. The van der Waals surface area contributed by atoms with Gasteiger partial charge in [0.2, 0.25) is 0 Å². The van der Waals surface area contributed by atoms with Crippen LogP contribution < -0.4 is 5.32 Å². The van der Waals surface area contributed by atoms with Crippen molar-refractivity contribution in [2.45, 2.75) is 19.9 Å². The van der Waals surface area contributed by atoms with Crippen molar-refractivity contribution in [3.8, 4) is 0 Å². The molecule has 1 unspecified atom stereocenters. The van der Waals surface area contributed by atoms with E-state index in [9.17, 15) is 0 Å². The van der Waals surface area contributed by atoms with Gasteiger partial charge in [0, 0.05) is 10.6 Å². The van der Waals surface area contributed by atoms with E-state index in [4.69, 9.17) is 16.0 Å². The normalized spacial score (nSPS) is 12.6. The SMILES string of the molecule is CCNC(c1ccoc1)c1ccc(C)c(Cl)c1. The zero-order valence-corrected chi connectivity index (χ0v) is 10.8. The van der Waals surface area contributed by atoms with E-state index in [0.29, 0.717) is 0 Å². The van der Waals surface area contributed by atoms with Gasteiger partial charge in [0.25, 0.3) is 0 Å². The molecule has 1 N–H and O–H groups in total. The van der Waals surface area contributed by atoms with Crippen molar-refractivity contribution >= 4 is 11.6 Å². The minimum absolute atomic E-state index is 0.136. The number of nitrogens with one attached hydrogen (secondary N) is 1. The Labute approximate surface area is 107 Å². The molecule has 0 radical (unpaired) electrons. The summed E-state index contributed by atoms with van der Waals surface area (Å²) in [4.78, 5) is 0. The van der Waals surface area contributed by atoms with Gasteiger partial charge in [0.1, 0.15) is 0 Å². The van der Waals surface area contributed by atoms with Gasteiger partial charge in [-0.15, -0.1) is 0 Å². The summed E-state index contributed by atoms with van der Waals surface area (Å²) in [6, 6.07) is 8.26. The predicted molar refractivity (Wildman–Crippen MR) is 70.4 cm³/mol. The Kier molecular flexibility index (Phi) is 3.87. The number of aryl methyl sites for hydroxylation is 1. The van der Waals surface area contributed by atoms with E-state index in [1.165, 1.54) is 0 Å². The lowest BCUT2D eigenvalue weighted by molar-refractivity contribution is 0.553. The maximum Gasteiger partial charge on any atom is 0.0953 e. The van der Waals surface area contributed by atoms with Crippen LogP contribution in [-0.4, -0.2) is 6.54 Å². The number of rotatable bonds is 4. The van der Waals surface area contributed by atoms with Gasteiger partial charge in [0.15, 0.2) is 0 Å². The van der Waals surface area contributed by atoms with Crippen molar-refractivity contribution < 1.29 is 4.42 Å². The minimum atomic E-state index is 0.136. The third-order valence-electron chi connectivity index (χ3n) is 2.81. The molecule has 1 aromatic heterocycles. The average molecular weight is 250 g/mol. The van der Waals surface area contributed by atoms with Crippen LogP contribution in [0, 0.1) is 6.92 Å². The Balaban J connectivity index is 2.35. The highest BCUT2D eigenvalue weighted by Crippen LogP contribution is 2.26. The standard InChI is InChI=1S/C14H16ClNO/c1-3-16-14(12-6-7-17-9-12)11-5-4-10(2)13(15)8-11/h4-9,14,16H,3H2,1-2H3. The highest BCUT2D eigenvalue weighted by atomic mass is 35.5. The summed E-state index contributed by atoms with van der Waals surface area (Å²) >= 11 is 6.17. The van der Waals surface area contributed by atoms with E-state index in [1.807, 2.05) is 25.1 Å². The molecule has 0 aliphatic rings. The molecule has 90 valence electrons. The Morgan fingerprint density at radius 3 is 2.71 bits per heavy atom. The largest absolute Gasteiger partial charge is 0.472 e. The molecule has 0 spiro atoms. The monoisotopic (exact) mass is 249 g/mol. The third-order valence-corrected chi connectivity index (χ3v) is 3.22. The second-order valence-corrected chi connectivity index (χ2v) is 4.46. The van der Waals surface area contributed by atoms with E-state index >= 15 is 0 Å². The molecular formula is C14H16ClNO. The fraction of sp³-hybridized carbons (Fsp3) is 0.286. The molecule has 0 fully saturated rings. The Hall–Kier alpha value is -1.25. The molecule has 17 heavy (non-hydrogen) atoms. The Bertz CT molecular complexity index is 479. The van der Waals surface area contributed by atoms with Crippen LogP contribution in [0.3, 0.4) is 0 Å². The molecule has 1 atom stereocenters. The average Bonchev–Trinajstić information content (AvgIpc) is 2.83. The summed E-state index contributed by atoms with van der Waals surface area (Å²) in [6.45, 7) is 4.98. The van der Waals surface area contributed by atoms with Gasteiger partial charge >= 0.3 is 0 Å². The second kappa shape index (κ2) is 5.39. The smallest absolute Gasteiger partial charge is 0.0953 e. The van der Waals surface area contributed by atoms with Gasteiger partial charge in [-0.05, 0) is 36.7 Å². The van der Waals surface area contributed by atoms with E-state index in [0.717, 1.165) is 28.3 Å². The fourth-order valence-electron chi connectivity index (χ4n) is 1.86. The summed E-state index contributed by atoms with van der Waals surface area (Å²) in [7, 11) is 0. The lowest BCUT2D eigenvalue weighted by Crippen LogP contribution is -2.21. The van der Waals surface area contributed by atoms with Gasteiger partial charge < -0.3 is 9.73 Å². The van der Waals surface area contributed by atoms with E-state index in [2.05, 4.69) is 18.3 Å². The highest BCUT2D eigenvalue weighted by molar-refractivity contribution is 6.31. The molecule has 0 amide bonds. The summed E-state index contributed by atoms with van der Waals surface area (Å²) in [5.41, 5.74) is 3.37. The topological polar surface area (TPSA) is 25.2 Å². The van der Waals surface area contributed by atoms with Crippen molar-refractivity contribution in [1.29, 1.82) is 0 Å². The van der Waals surface area contributed by atoms with Crippen molar-refractivity contribution in [1.82, 2.24) is 5.32 Å². The third kappa shape index (κ3) is 2.71. The fourth-order valence-corrected chi connectivity index (χ4v) is 2.05. The van der Waals surface area contributed by atoms with Gasteiger partial charge in [-0.3, -0.25) is 0 Å². The van der Waals surface area contributed by atoms with E-state index < -0.39 is 0 Å². The first-order chi connectivity index (χ1) is 8.22. The molecule has 2 aromatic rings. The lowest BCUT2D eigenvalue weighted by atomic mass is 10.00. The van der Waals surface area contributed by atoms with Crippen LogP contribution in [0.2, 0.25) is 5.02 Å². The number of benzene rings is 1. The molecule has 0 saturated carbocycles. The summed E-state index contributed by atoms with van der Waals surface area (Å²) in [5.74, 6) is 0. The molecule has 1 heterocycles. The first-order valence-corrected chi connectivity index (χ1v) is 6.11. The van der Waals surface area contributed by atoms with Crippen LogP contribution in [-0.2, 0) is 0 Å². The quantitative estimate of drug-likeness (QED) is 0.888. The summed E-state index contributed by atoms with van der Waals surface area (Å²) in [6.07, 6.45) is 3.45. The summed E-state index contributed by atoms with van der Waals surface area (Å²) in [5, 5.41) is 4.23. The Morgan fingerprint density at radius 2 is 2.12 bits per heavy atom. The van der Waals surface area contributed by atoms with Crippen molar-refractivity contribution in [2.75, 3.05) is 6.54 Å². The molecule has 0 bridgehead atoms. The minimum Gasteiger partial charge on any atom is -0.472 e. The van der Waals surface area contributed by atoms with Crippen LogP contribution in [0.25, 0.3) is 0 Å². The molecule has 0 saturated heterocycles. The Morgan fingerprint density at radius 1 is 1.29 bits per heavy atom. The van der Waals surface area contributed by atoms with Gasteiger partial charge in [0.05, 0.1) is 18.6 Å². The number of halogens is 1. The van der Waals surface area contributed by atoms with Crippen molar-refractivity contribution in [3.05, 3.63) is 58.5 Å². The van der Waals surface area contributed by atoms with Gasteiger partial charge in [-0.2, -0.15) is 0 Å². The second-order valence-electron chi connectivity index (χ2n) is 4.06. The molecule has 3 heteroatoms. The van der Waals surface area contributed by atoms with E-state index in [-0.39, 0.29) is 6.04 Å². The maximum atomic E-state index is 6.17. The molecule has 0 aliphatic heterocycles. The van der Waals surface area contributed by atoms with Crippen LogP contribution >= 0.6 is 11.6 Å². The molecule has 2 nitrogen and oxygen atoms in total. The highest BCUT2D eigenvalue weighted by Gasteiger charge is 2.14. The van der Waals surface area contributed by atoms with Crippen molar-refractivity contribution in [3.63, 3.8) is 0 Å². The number of hydrogen-bond acceptors (Lipinski definition) is 2.